The molecule has 0 aliphatic carbocycles. The Kier molecular flexibility index (Phi) is 5.70. The van der Waals surface area contributed by atoms with Crippen LogP contribution in [0.1, 0.15) is 25.8 Å². The number of carbonyl (C=O) groups excluding carboxylic acids is 1. The number of amides is 1. The van der Waals surface area contributed by atoms with Crippen LogP contribution in [-0.4, -0.2) is 30.7 Å². The fourth-order valence-corrected chi connectivity index (χ4v) is 2.01. The summed E-state index contributed by atoms with van der Waals surface area (Å²) < 4.78 is 4.97. The van der Waals surface area contributed by atoms with Gasteiger partial charge >= 0.3 is 5.97 Å². The van der Waals surface area contributed by atoms with Crippen molar-refractivity contribution in [3.63, 3.8) is 0 Å². The van der Waals surface area contributed by atoms with E-state index in [-0.39, 0.29) is 18.2 Å². The molecule has 0 aliphatic rings. The summed E-state index contributed by atoms with van der Waals surface area (Å²) in [5.74, 6) is -1.35. The van der Waals surface area contributed by atoms with Crippen molar-refractivity contribution in [1.82, 2.24) is 5.32 Å². The van der Waals surface area contributed by atoms with Crippen LogP contribution in [0.2, 0.25) is 0 Å². The molecule has 0 heterocycles. The third-order valence-electron chi connectivity index (χ3n) is 3.15. The molecule has 1 rings (SSSR count). The molecular weight excluding hydrogens is 258 g/mol. The molecule has 5 heteroatoms. The van der Waals surface area contributed by atoms with Gasteiger partial charge in [-0.2, -0.15) is 0 Å². The highest BCUT2D eigenvalue weighted by molar-refractivity contribution is 5.87. The van der Waals surface area contributed by atoms with Crippen molar-refractivity contribution in [3.05, 3.63) is 35.9 Å². The molecule has 2 atom stereocenters. The highest BCUT2D eigenvalue weighted by Crippen LogP contribution is 2.21. The summed E-state index contributed by atoms with van der Waals surface area (Å²) in [7, 11) is 1.57. The number of ether oxygens (including phenoxy) is 1. The number of carboxylic acids is 1. The van der Waals surface area contributed by atoms with E-state index in [1.54, 1.807) is 37.4 Å². The number of rotatable bonds is 7. The van der Waals surface area contributed by atoms with Gasteiger partial charge in [-0.05, 0) is 18.4 Å². The number of carbonyl (C=O) groups is 2. The van der Waals surface area contributed by atoms with Gasteiger partial charge in [-0.1, -0.05) is 37.3 Å². The first-order valence-electron chi connectivity index (χ1n) is 6.49. The average molecular weight is 279 g/mol. The minimum Gasteiger partial charge on any atom is -0.479 e. The molecule has 2 unspecified atom stereocenters. The lowest BCUT2D eigenvalue weighted by Gasteiger charge is -2.27. The summed E-state index contributed by atoms with van der Waals surface area (Å²) in [6.07, 6.45) is 0.226. The van der Waals surface area contributed by atoms with E-state index in [0.717, 1.165) is 0 Å². The summed E-state index contributed by atoms with van der Waals surface area (Å²) in [6, 6.07) is 8.67. The zero-order valence-electron chi connectivity index (χ0n) is 12.1. The third-order valence-corrected chi connectivity index (χ3v) is 3.15. The number of carboxylic acid groups (broad SMARTS) is 1. The van der Waals surface area contributed by atoms with Gasteiger partial charge in [0.2, 0.25) is 5.91 Å². The van der Waals surface area contributed by atoms with Gasteiger partial charge in [-0.25, -0.2) is 4.79 Å². The van der Waals surface area contributed by atoms with Gasteiger partial charge in [0.05, 0.1) is 0 Å². The minimum absolute atomic E-state index is 0.0359. The molecule has 0 saturated carbocycles. The van der Waals surface area contributed by atoms with Gasteiger partial charge in [0.15, 0.2) is 5.54 Å². The summed E-state index contributed by atoms with van der Waals surface area (Å²) in [4.78, 5) is 23.5. The van der Waals surface area contributed by atoms with Crippen molar-refractivity contribution in [1.29, 1.82) is 0 Å². The fourth-order valence-electron chi connectivity index (χ4n) is 2.01. The maximum atomic E-state index is 12.0. The number of aliphatic carboxylic acids is 1. The molecule has 2 N–H and O–H groups in total. The van der Waals surface area contributed by atoms with E-state index in [9.17, 15) is 14.7 Å². The predicted octanol–water partition coefficient (Wildman–Crippen LogP) is 1.78. The van der Waals surface area contributed by atoms with Crippen LogP contribution < -0.4 is 5.32 Å². The van der Waals surface area contributed by atoms with Crippen molar-refractivity contribution < 1.29 is 19.4 Å². The number of methoxy groups -OCH3 is 1. The summed E-state index contributed by atoms with van der Waals surface area (Å²) >= 11 is 0. The zero-order chi connectivity index (χ0) is 15.2. The second-order valence-corrected chi connectivity index (χ2v) is 5.11. The Morgan fingerprint density at radius 2 is 1.95 bits per heavy atom. The molecule has 0 saturated heterocycles. The molecule has 1 amide bonds. The molecule has 110 valence electrons. The largest absolute Gasteiger partial charge is 0.479 e. The summed E-state index contributed by atoms with van der Waals surface area (Å²) in [6.45, 7) is 3.83. The first kappa shape index (κ1) is 16.2. The first-order chi connectivity index (χ1) is 9.40. The smallest absolute Gasteiger partial charge is 0.333 e. The van der Waals surface area contributed by atoms with Gasteiger partial charge in [-0.3, -0.25) is 4.79 Å². The van der Waals surface area contributed by atoms with Crippen LogP contribution in [0, 0.1) is 5.92 Å². The van der Waals surface area contributed by atoms with Crippen LogP contribution in [0.4, 0.5) is 0 Å². The standard InChI is InChI=1S/C15H21NO4/c1-11(10-20-3)9-13(17)16-15(2,14(18)19)12-7-5-4-6-8-12/h4-8,11H,9-10H2,1-3H3,(H,16,17)(H,18,19). The minimum atomic E-state index is -1.43. The van der Waals surface area contributed by atoms with Crippen molar-refractivity contribution in [2.24, 2.45) is 5.92 Å². The van der Waals surface area contributed by atoms with Crippen LogP contribution in [0.3, 0.4) is 0 Å². The van der Waals surface area contributed by atoms with Crippen LogP contribution in [-0.2, 0) is 19.9 Å². The summed E-state index contributed by atoms with van der Waals surface area (Å²) in [5.41, 5.74) is -0.884. The Labute approximate surface area is 118 Å². The molecular formula is C15H21NO4. The van der Waals surface area contributed by atoms with Crippen molar-refractivity contribution >= 4 is 11.9 Å². The van der Waals surface area contributed by atoms with Gasteiger partial charge in [0.25, 0.3) is 0 Å². The monoisotopic (exact) mass is 279 g/mol. The number of benzene rings is 1. The van der Waals surface area contributed by atoms with Crippen molar-refractivity contribution in [2.75, 3.05) is 13.7 Å². The van der Waals surface area contributed by atoms with Crippen LogP contribution in [0.25, 0.3) is 0 Å². The first-order valence-corrected chi connectivity index (χ1v) is 6.49. The Balaban J connectivity index is 2.83. The van der Waals surface area contributed by atoms with E-state index in [0.29, 0.717) is 12.2 Å². The molecule has 1 aromatic carbocycles. The Hall–Kier alpha value is -1.88. The number of nitrogens with one attached hydrogen (secondary N) is 1. The van der Waals surface area contributed by atoms with Gasteiger partial charge < -0.3 is 15.2 Å². The Morgan fingerprint density at radius 3 is 2.45 bits per heavy atom. The average Bonchev–Trinajstić information content (AvgIpc) is 2.39. The molecule has 0 aliphatic heterocycles. The van der Waals surface area contributed by atoms with Crippen molar-refractivity contribution in [2.45, 2.75) is 25.8 Å². The maximum absolute atomic E-state index is 12.0. The van der Waals surface area contributed by atoms with Crippen LogP contribution in [0.5, 0.6) is 0 Å². The van der Waals surface area contributed by atoms with Gasteiger partial charge in [0, 0.05) is 20.1 Å². The molecule has 0 radical (unpaired) electrons. The van der Waals surface area contributed by atoms with Crippen LogP contribution >= 0.6 is 0 Å². The molecule has 0 aromatic heterocycles. The molecule has 1 aromatic rings. The van der Waals surface area contributed by atoms with E-state index in [1.165, 1.54) is 6.92 Å². The van der Waals surface area contributed by atoms with Crippen LogP contribution in [0.15, 0.2) is 30.3 Å². The molecule has 0 fully saturated rings. The van der Waals surface area contributed by atoms with E-state index in [1.807, 2.05) is 6.92 Å². The normalized spacial score (nSPS) is 15.2. The Bertz CT molecular complexity index is 460. The predicted molar refractivity (Wildman–Crippen MR) is 75.2 cm³/mol. The molecule has 0 bridgehead atoms. The lowest BCUT2D eigenvalue weighted by molar-refractivity contribution is -0.147. The second-order valence-electron chi connectivity index (χ2n) is 5.11. The lowest BCUT2D eigenvalue weighted by Crippen LogP contribution is -2.49. The van der Waals surface area contributed by atoms with E-state index >= 15 is 0 Å². The topological polar surface area (TPSA) is 75.6 Å². The molecule has 20 heavy (non-hydrogen) atoms. The fraction of sp³-hybridized carbons (Fsp3) is 0.467. The number of hydrogen-bond donors (Lipinski definition) is 2. The maximum Gasteiger partial charge on any atom is 0.333 e. The van der Waals surface area contributed by atoms with E-state index in [2.05, 4.69) is 5.32 Å². The SMILES string of the molecule is COCC(C)CC(=O)NC(C)(C(=O)O)c1ccccc1. The molecule has 0 spiro atoms. The Morgan fingerprint density at radius 1 is 1.35 bits per heavy atom. The van der Waals surface area contributed by atoms with E-state index < -0.39 is 11.5 Å². The zero-order valence-corrected chi connectivity index (χ0v) is 12.1. The van der Waals surface area contributed by atoms with Gasteiger partial charge in [0.1, 0.15) is 0 Å². The highest BCUT2D eigenvalue weighted by Gasteiger charge is 2.36. The van der Waals surface area contributed by atoms with Crippen molar-refractivity contribution in [3.8, 4) is 0 Å². The third kappa shape index (κ3) is 4.06. The lowest BCUT2D eigenvalue weighted by atomic mass is 9.91. The summed E-state index contributed by atoms with van der Waals surface area (Å²) in [5, 5.41) is 12.0. The second kappa shape index (κ2) is 7.05. The van der Waals surface area contributed by atoms with Gasteiger partial charge in [-0.15, -0.1) is 0 Å². The highest BCUT2D eigenvalue weighted by atomic mass is 16.5. The number of hydrogen-bond acceptors (Lipinski definition) is 3. The molecule has 5 nitrogen and oxygen atoms in total. The quantitative estimate of drug-likeness (QED) is 0.797. The van der Waals surface area contributed by atoms with E-state index in [4.69, 9.17) is 4.74 Å².